The molecule has 1 unspecified atom stereocenters. The molecular weight excluding hydrogens is 373 g/mol. The molecule has 1 aromatic carbocycles. The van der Waals surface area contributed by atoms with Crippen LogP contribution in [0.15, 0.2) is 24.3 Å². The molecule has 0 aliphatic carbocycles. The topological polar surface area (TPSA) is 92.5 Å². The molecule has 1 aliphatic rings. The average Bonchev–Trinajstić information content (AvgIpc) is 2.54. The van der Waals surface area contributed by atoms with Crippen LogP contribution < -0.4 is 11.1 Å². The molecule has 2 rings (SSSR count). The fourth-order valence-electron chi connectivity index (χ4n) is 2.65. The van der Waals surface area contributed by atoms with Gasteiger partial charge >= 0.3 is 0 Å². The number of carbonyl (C=O) groups excluding carboxylic acids is 1. The highest BCUT2D eigenvalue weighted by atomic mass is 35.5. The van der Waals surface area contributed by atoms with Gasteiger partial charge in [0.25, 0.3) is 0 Å². The van der Waals surface area contributed by atoms with Gasteiger partial charge in [-0.05, 0) is 24.5 Å². The molecular formula is C15H23Cl2N3O3S. The maximum absolute atomic E-state index is 12.6. The zero-order valence-electron chi connectivity index (χ0n) is 13.3. The van der Waals surface area contributed by atoms with E-state index in [0.29, 0.717) is 43.1 Å². The molecule has 0 aromatic heterocycles. The Hall–Kier alpha value is -0.860. The highest BCUT2D eigenvalue weighted by molar-refractivity contribution is 7.88. The third-order valence-corrected chi connectivity index (χ3v) is 6.05. The Bertz CT molecular complexity index is 655. The molecule has 0 spiro atoms. The van der Waals surface area contributed by atoms with Gasteiger partial charge in [0.15, 0.2) is 0 Å². The molecule has 6 nitrogen and oxygen atoms in total. The average molecular weight is 396 g/mol. The quantitative estimate of drug-likeness (QED) is 0.760. The fraction of sp³-hybridized carbons (Fsp3) is 0.533. The summed E-state index contributed by atoms with van der Waals surface area (Å²) in [5, 5.41) is 3.16. The Morgan fingerprint density at radius 3 is 2.75 bits per heavy atom. The van der Waals surface area contributed by atoms with Crippen LogP contribution in [0, 0.1) is 5.92 Å². The minimum absolute atomic E-state index is 0. The first-order valence-corrected chi connectivity index (χ1v) is 9.62. The number of halogens is 2. The monoisotopic (exact) mass is 395 g/mol. The summed E-state index contributed by atoms with van der Waals surface area (Å²) < 4.78 is 26.6. The van der Waals surface area contributed by atoms with E-state index in [1.54, 1.807) is 24.3 Å². The van der Waals surface area contributed by atoms with Gasteiger partial charge in [0.1, 0.15) is 0 Å². The first kappa shape index (κ1) is 21.2. The van der Waals surface area contributed by atoms with E-state index in [9.17, 15) is 13.2 Å². The Balaban J connectivity index is 0.00000288. The van der Waals surface area contributed by atoms with E-state index in [2.05, 4.69) is 5.32 Å². The molecule has 1 heterocycles. The zero-order valence-corrected chi connectivity index (χ0v) is 15.7. The summed E-state index contributed by atoms with van der Waals surface area (Å²) in [7, 11) is -3.50. The van der Waals surface area contributed by atoms with E-state index in [1.165, 1.54) is 4.31 Å². The second-order valence-corrected chi connectivity index (χ2v) is 8.00. The lowest BCUT2D eigenvalue weighted by molar-refractivity contribution is -0.126. The molecule has 3 N–H and O–H groups in total. The predicted octanol–water partition coefficient (Wildman–Crippen LogP) is 1.38. The minimum atomic E-state index is -3.50. The van der Waals surface area contributed by atoms with Crippen LogP contribution >= 0.6 is 24.0 Å². The van der Waals surface area contributed by atoms with Gasteiger partial charge in [-0.3, -0.25) is 4.79 Å². The number of sulfonamides is 1. The van der Waals surface area contributed by atoms with E-state index in [-0.39, 0.29) is 36.5 Å². The number of amides is 1. The minimum Gasteiger partial charge on any atom is -0.355 e. The van der Waals surface area contributed by atoms with Crippen LogP contribution in [0.25, 0.3) is 0 Å². The van der Waals surface area contributed by atoms with Gasteiger partial charge in [0.2, 0.25) is 15.9 Å². The zero-order chi connectivity index (χ0) is 16.9. The third-order valence-electron chi connectivity index (χ3n) is 3.89. The molecule has 1 fully saturated rings. The molecule has 1 aliphatic heterocycles. The second kappa shape index (κ2) is 9.58. The van der Waals surface area contributed by atoms with Gasteiger partial charge in [-0.1, -0.05) is 29.8 Å². The molecule has 1 atom stereocenters. The van der Waals surface area contributed by atoms with Crippen molar-refractivity contribution in [3.8, 4) is 0 Å². The van der Waals surface area contributed by atoms with Crippen LogP contribution in [0.4, 0.5) is 0 Å². The molecule has 9 heteroatoms. The van der Waals surface area contributed by atoms with E-state index in [1.807, 2.05) is 0 Å². The van der Waals surface area contributed by atoms with Crippen LogP contribution in [0.2, 0.25) is 5.02 Å². The first-order valence-electron chi connectivity index (χ1n) is 7.63. The number of piperidine rings is 1. The normalized spacial score (nSPS) is 18.7. The van der Waals surface area contributed by atoms with Crippen LogP contribution in [0.1, 0.15) is 18.4 Å². The molecule has 1 aromatic rings. The Labute approximate surface area is 154 Å². The number of hydrogen-bond acceptors (Lipinski definition) is 4. The van der Waals surface area contributed by atoms with Crippen molar-refractivity contribution in [2.45, 2.75) is 18.6 Å². The summed E-state index contributed by atoms with van der Waals surface area (Å²) in [5.41, 5.74) is 5.94. The smallest absolute Gasteiger partial charge is 0.224 e. The van der Waals surface area contributed by atoms with Crippen molar-refractivity contribution in [3.63, 3.8) is 0 Å². The van der Waals surface area contributed by atoms with E-state index in [4.69, 9.17) is 17.3 Å². The van der Waals surface area contributed by atoms with Crippen molar-refractivity contribution < 1.29 is 13.2 Å². The highest BCUT2D eigenvalue weighted by Gasteiger charge is 2.32. The van der Waals surface area contributed by atoms with E-state index >= 15 is 0 Å². The number of nitrogens with zero attached hydrogens (tertiary/aromatic N) is 1. The molecule has 136 valence electrons. The van der Waals surface area contributed by atoms with Crippen LogP contribution in [0.5, 0.6) is 0 Å². The number of hydrogen-bond donors (Lipinski definition) is 2. The molecule has 1 saturated heterocycles. The van der Waals surface area contributed by atoms with Crippen molar-refractivity contribution in [1.82, 2.24) is 9.62 Å². The summed E-state index contributed by atoms with van der Waals surface area (Å²) in [6.45, 7) is 1.42. The fourth-order valence-corrected chi connectivity index (χ4v) is 4.58. The second-order valence-electron chi connectivity index (χ2n) is 5.62. The van der Waals surface area contributed by atoms with Gasteiger partial charge in [0, 0.05) is 31.2 Å². The summed E-state index contributed by atoms with van der Waals surface area (Å²) in [6, 6.07) is 6.90. The molecule has 0 radical (unpaired) electrons. The van der Waals surface area contributed by atoms with Gasteiger partial charge in [0.05, 0.1) is 11.7 Å². The number of benzene rings is 1. The van der Waals surface area contributed by atoms with Crippen LogP contribution in [-0.2, 0) is 20.6 Å². The maximum Gasteiger partial charge on any atom is 0.224 e. The molecule has 0 saturated carbocycles. The van der Waals surface area contributed by atoms with Gasteiger partial charge in [-0.25, -0.2) is 12.7 Å². The lowest BCUT2D eigenvalue weighted by atomic mass is 9.99. The number of rotatable bonds is 6. The van der Waals surface area contributed by atoms with Crippen molar-refractivity contribution in [2.24, 2.45) is 11.7 Å². The Morgan fingerprint density at radius 1 is 1.38 bits per heavy atom. The first-order chi connectivity index (χ1) is 10.9. The van der Waals surface area contributed by atoms with Crippen LogP contribution in [-0.4, -0.2) is 44.8 Å². The van der Waals surface area contributed by atoms with Crippen molar-refractivity contribution in [2.75, 3.05) is 26.2 Å². The highest BCUT2D eigenvalue weighted by Crippen LogP contribution is 2.24. The van der Waals surface area contributed by atoms with E-state index in [0.717, 1.165) is 0 Å². The SMILES string of the molecule is Cl.NCCNC(=O)C1CCCN(S(=O)(=O)Cc2ccccc2Cl)C1. The van der Waals surface area contributed by atoms with Gasteiger partial charge in [-0.15, -0.1) is 12.4 Å². The standard InChI is InChI=1S/C15H22ClN3O3S.ClH/c16-14-6-2-1-4-13(14)11-23(21,22)19-9-3-5-12(10-19)15(20)18-8-7-17;/h1-2,4,6,12H,3,5,7-11,17H2,(H,18,20);1H. The Kier molecular flexibility index (Phi) is 8.45. The van der Waals surface area contributed by atoms with Gasteiger partial charge < -0.3 is 11.1 Å². The summed E-state index contributed by atoms with van der Waals surface area (Å²) in [6.07, 6.45) is 1.36. The van der Waals surface area contributed by atoms with Crippen LogP contribution in [0.3, 0.4) is 0 Å². The van der Waals surface area contributed by atoms with Crippen molar-refractivity contribution in [3.05, 3.63) is 34.9 Å². The van der Waals surface area contributed by atoms with Crippen molar-refractivity contribution in [1.29, 1.82) is 0 Å². The molecule has 1 amide bonds. The summed E-state index contributed by atoms with van der Waals surface area (Å²) in [5.74, 6) is -0.603. The lowest BCUT2D eigenvalue weighted by Gasteiger charge is -2.31. The predicted molar refractivity (Wildman–Crippen MR) is 97.7 cm³/mol. The number of carbonyl (C=O) groups is 1. The largest absolute Gasteiger partial charge is 0.355 e. The molecule has 24 heavy (non-hydrogen) atoms. The Morgan fingerprint density at radius 2 is 2.08 bits per heavy atom. The summed E-state index contributed by atoms with van der Waals surface area (Å²) >= 11 is 6.05. The van der Waals surface area contributed by atoms with Gasteiger partial charge in [-0.2, -0.15) is 0 Å². The van der Waals surface area contributed by atoms with E-state index < -0.39 is 10.0 Å². The molecule has 0 bridgehead atoms. The lowest BCUT2D eigenvalue weighted by Crippen LogP contribution is -2.46. The van der Waals surface area contributed by atoms with Crippen molar-refractivity contribution >= 4 is 39.9 Å². The maximum atomic E-state index is 12.6. The summed E-state index contributed by atoms with van der Waals surface area (Å²) in [4.78, 5) is 12.0. The number of nitrogens with one attached hydrogen (secondary N) is 1. The number of nitrogens with two attached hydrogens (primary N) is 1. The third kappa shape index (κ3) is 5.60.